The lowest BCUT2D eigenvalue weighted by atomic mass is 9.94. The Morgan fingerprint density at radius 1 is 0.178 bits per heavy atom. The zero-order valence-electron chi connectivity index (χ0n) is 78.6. The Morgan fingerprint density at radius 2 is 0.444 bits per heavy atom. The lowest BCUT2D eigenvalue weighted by Crippen LogP contribution is -1.96. The molecule has 13 atom stereocenters. The predicted octanol–water partition coefficient (Wildman–Crippen LogP) is 32.4. The van der Waals surface area contributed by atoms with Crippen LogP contribution in [0.25, 0.3) is 134 Å². The molecular formula is C122H125P13. The molecule has 0 aliphatic rings. The monoisotopic (exact) mass is 1990 g/mol. The second-order valence-electron chi connectivity index (χ2n) is 34.5. The van der Waals surface area contributed by atoms with Gasteiger partial charge in [-0.1, -0.05) is 360 Å². The summed E-state index contributed by atoms with van der Waals surface area (Å²) >= 11 is 0. The Kier molecular flexibility index (Phi) is 39.6. The standard InChI is InChI=1S/2C21H22P2.C20H21P3.3C20H20P2/c1-14-9-19(17-5-3-16(13-22)4-6-17)12-20(10-14)18-7-8-21(23)15(2)11-18;1-14-10-16(13-22)6-8-20(14)17-4-3-5-18(12-17)21-9-7-19(23)11-15(21)2;1-14-11-18(5-6-19(14)13-23-22)17-4-2-3-16(12-17)15-7-9-20(21)10-8-15;1-14-2-5-18(16-8-10-19(22)11-9-16)12-20(14)17-6-3-15(13-21)4-7-17;1-14-11-19(22)9-10-20(14)18-4-2-3-17(12-18)16-7-5-15(13-21)6-8-16;1-14-11-19(9-10-20(14)22)18-4-2-3-17(12-18)16-7-5-15(13-21)6-8-16/h2*3-12H,13,22-23H2,1-2H3;2-12,23H,13,21-22H2,1H3;3*2-12H,13,21-22H2,1H3. The van der Waals surface area contributed by atoms with E-state index in [4.69, 9.17) is 0 Å². The fourth-order valence-corrected chi connectivity index (χ4v) is 20.5. The Balaban J connectivity index is 0.000000137. The first-order chi connectivity index (χ1) is 65.3. The third-order valence-corrected chi connectivity index (χ3v) is 30.8. The summed E-state index contributed by atoms with van der Waals surface area (Å²) in [6.45, 7) is 17.4. The SMILES string of the molecule is Cc1cc(-c2ccc(CP)cc2)cc(-c2ccc(P)c(C)c2)c1.Cc1cc(-c2cccc(-c3ccc(CP)cc3)c2)ccc1P.Cc1cc(-c2cccc(-c3ccc(P)cc3)c2)ccc1CPP.Cc1cc(P)ccc1-c1cccc(-c2ccc(CP)cc2)c1.Cc1cc(P)ccc1-c1cccc(-c2ccc(CP)cc2C)c1.Cc1ccc(-c2ccc(P)cc2)cc1-c1ccc(CP)cc1. The average Bonchev–Trinajstić information content (AvgIpc) is 0.841. The molecule has 13 heteroatoms. The molecule has 0 fully saturated rings. The molecule has 0 saturated carbocycles. The van der Waals surface area contributed by atoms with Crippen molar-refractivity contribution < 1.29 is 0 Å². The third kappa shape index (κ3) is 29.3. The topological polar surface area (TPSA) is 0 Å². The van der Waals surface area contributed by atoms with Crippen molar-refractivity contribution in [3.63, 3.8) is 0 Å². The van der Waals surface area contributed by atoms with Crippen molar-refractivity contribution in [3.8, 4) is 134 Å². The molecule has 0 radical (unpaired) electrons. The first-order valence-corrected chi connectivity index (χ1v) is 56.2. The average molecular weight is 1990 g/mol. The summed E-state index contributed by atoms with van der Waals surface area (Å²) in [5.41, 5.74) is 49.4. The minimum Gasteiger partial charge on any atom is -0.133 e. The highest BCUT2D eigenvalue weighted by atomic mass is 32.0. The smallest absolute Gasteiger partial charge is 0.00637 e. The van der Waals surface area contributed by atoms with Crippen LogP contribution >= 0.6 is 119 Å². The zero-order chi connectivity index (χ0) is 95.6. The Labute approximate surface area is 835 Å². The molecule has 0 spiro atoms. The predicted molar refractivity (Wildman–Crippen MR) is 647 cm³/mol. The van der Waals surface area contributed by atoms with Crippen molar-refractivity contribution in [1.82, 2.24) is 0 Å². The Bertz CT molecular complexity index is 7020. The van der Waals surface area contributed by atoms with Crippen molar-refractivity contribution in [1.29, 1.82) is 0 Å². The van der Waals surface area contributed by atoms with Gasteiger partial charge < -0.3 is 0 Å². The largest absolute Gasteiger partial charge is 0.133 e. The molecule has 0 bridgehead atoms. The van der Waals surface area contributed by atoms with Crippen LogP contribution in [0, 0.1) is 55.4 Å². The van der Waals surface area contributed by atoms with E-state index in [2.05, 4.69) is 554 Å². The first-order valence-electron chi connectivity index (χ1n) is 45.6. The van der Waals surface area contributed by atoms with E-state index in [-0.39, 0.29) is 0 Å². The number of hydrogen-bond donors (Lipinski definition) is 0. The van der Waals surface area contributed by atoms with Gasteiger partial charge in [0.1, 0.15) is 0 Å². The van der Waals surface area contributed by atoms with E-state index in [0.717, 1.165) is 45.2 Å². The molecule has 0 heterocycles. The third-order valence-electron chi connectivity index (χ3n) is 24.5. The van der Waals surface area contributed by atoms with Gasteiger partial charge in [0.05, 0.1) is 0 Å². The van der Waals surface area contributed by atoms with E-state index in [1.165, 1.54) is 243 Å². The molecule has 0 aromatic heterocycles. The fourth-order valence-electron chi connectivity index (χ4n) is 16.5. The maximum absolute atomic E-state index is 2.83. The molecule has 678 valence electrons. The molecule has 0 N–H and O–H groups in total. The van der Waals surface area contributed by atoms with E-state index in [0.29, 0.717) is 0 Å². The number of rotatable bonds is 19. The summed E-state index contributed by atoms with van der Waals surface area (Å²) in [4.78, 5) is 0. The van der Waals surface area contributed by atoms with Crippen molar-refractivity contribution in [2.24, 2.45) is 0 Å². The minimum atomic E-state index is 0.888. The van der Waals surface area contributed by atoms with Gasteiger partial charge in [0, 0.05) is 0 Å². The molecule has 0 amide bonds. The van der Waals surface area contributed by atoms with Gasteiger partial charge in [-0.3, -0.25) is 0 Å². The maximum Gasteiger partial charge on any atom is -0.00637 e. The van der Waals surface area contributed by atoms with Gasteiger partial charge in [-0.15, -0.1) is 111 Å². The van der Waals surface area contributed by atoms with Crippen molar-refractivity contribution in [3.05, 3.63) is 466 Å². The van der Waals surface area contributed by atoms with Crippen molar-refractivity contribution in [2.75, 3.05) is 0 Å². The summed E-state index contributed by atoms with van der Waals surface area (Å²) in [7, 11) is 34.2. The van der Waals surface area contributed by atoms with Crippen molar-refractivity contribution >= 4 is 151 Å². The molecule has 135 heavy (non-hydrogen) atoms. The molecule has 0 aliphatic heterocycles. The second kappa shape index (κ2) is 51.5. The highest BCUT2D eigenvalue weighted by Crippen LogP contribution is 2.38. The second-order valence-corrected chi connectivity index (χ2v) is 42.4. The first kappa shape index (κ1) is 104. The van der Waals surface area contributed by atoms with E-state index in [1.54, 1.807) is 0 Å². The van der Waals surface area contributed by atoms with Crippen LogP contribution in [0.4, 0.5) is 0 Å². The fraction of sp³-hybridized carbons (Fsp3) is 0.115. The van der Waals surface area contributed by atoms with Crippen LogP contribution in [-0.2, 0) is 37.0 Å². The van der Waals surface area contributed by atoms with E-state index >= 15 is 0 Å². The molecule has 18 rings (SSSR count). The summed E-state index contributed by atoms with van der Waals surface area (Å²) in [6.07, 6.45) is 6.16. The van der Waals surface area contributed by atoms with Crippen LogP contribution in [0.1, 0.15) is 77.9 Å². The molecule has 18 aromatic carbocycles. The Hall–Kier alpha value is -8.45. The van der Waals surface area contributed by atoms with Gasteiger partial charge in [-0.2, -0.15) is 0 Å². The molecule has 0 saturated heterocycles. The van der Waals surface area contributed by atoms with Crippen LogP contribution < -0.4 is 31.8 Å². The highest BCUT2D eigenvalue weighted by molar-refractivity contribution is 8.02. The summed E-state index contributed by atoms with van der Waals surface area (Å²) in [6, 6.07) is 141. The Morgan fingerprint density at radius 3 is 0.815 bits per heavy atom. The van der Waals surface area contributed by atoms with E-state index in [9.17, 15) is 0 Å². The lowest BCUT2D eigenvalue weighted by molar-refractivity contribution is 1.31. The zero-order valence-corrected chi connectivity index (χ0v) is 93.5. The molecular weight excluding hydrogens is 1870 g/mol. The summed E-state index contributed by atoms with van der Waals surface area (Å²) in [5, 5.41) is 7.40. The van der Waals surface area contributed by atoms with Gasteiger partial charge >= 0.3 is 0 Å². The summed E-state index contributed by atoms with van der Waals surface area (Å²) < 4.78 is 0. The van der Waals surface area contributed by atoms with Gasteiger partial charge in [-0.05, 0) is 372 Å². The molecule has 13 unspecified atom stereocenters. The van der Waals surface area contributed by atoms with Gasteiger partial charge in [0.2, 0.25) is 0 Å². The lowest BCUT2D eigenvalue weighted by Gasteiger charge is -2.12. The molecule has 0 nitrogen and oxygen atoms in total. The minimum absolute atomic E-state index is 0.888. The summed E-state index contributed by atoms with van der Waals surface area (Å²) in [5.74, 6) is 0. The maximum atomic E-state index is 2.83. The normalized spacial score (nSPS) is 10.8. The van der Waals surface area contributed by atoms with Crippen LogP contribution in [-0.4, -0.2) is 0 Å². The number of hydrogen-bond acceptors (Lipinski definition) is 0. The molecule has 18 aromatic rings. The van der Waals surface area contributed by atoms with Gasteiger partial charge in [0.15, 0.2) is 0 Å². The van der Waals surface area contributed by atoms with Crippen LogP contribution in [0.5, 0.6) is 0 Å². The van der Waals surface area contributed by atoms with Gasteiger partial charge in [0.25, 0.3) is 0 Å². The number of aryl methyl sites for hydroxylation is 8. The van der Waals surface area contributed by atoms with Crippen LogP contribution in [0.15, 0.2) is 388 Å². The number of benzene rings is 18. The van der Waals surface area contributed by atoms with E-state index in [1.807, 2.05) is 0 Å². The van der Waals surface area contributed by atoms with Gasteiger partial charge in [-0.25, -0.2) is 0 Å². The van der Waals surface area contributed by atoms with Crippen LogP contribution in [0.3, 0.4) is 0 Å². The molecule has 0 aliphatic carbocycles. The van der Waals surface area contributed by atoms with Crippen LogP contribution in [0.2, 0.25) is 0 Å². The van der Waals surface area contributed by atoms with E-state index < -0.39 is 0 Å². The quantitative estimate of drug-likeness (QED) is 0.0708. The van der Waals surface area contributed by atoms with Crippen molar-refractivity contribution in [2.45, 2.75) is 92.4 Å². The highest BCUT2D eigenvalue weighted by Gasteiger charge is 2.14.